The van der Waals surface area contributed by atoms with Gasteiger partial charge in [-0.1, -0.05) is 13.0 Å². The minimum absolute atomic E-state index is 0.0634. The van der Waals surface area contributed by atoms with Gasteiger partial charge < -0.3 is 14.6 Å². The lowest BCUT2D eigenvalue weighted by molar-refractivity contribution is -0.157. The first-order chi connectivity index (χ1) is 6.91. The normalized spacial score (nSPS) is 31.2. The van der Waals surface area contributed by atoms with Gasteiger partial charge in [0, 0.05) is 6.42 Å². The zero-order valence-corrected chi connectivity index (χ0v) is 9.40. The van der Waals surface area contributed by atoms with E-state index in [0.717, 1.165) is 0 Å². The average molecular weight is 214 g/mol. The molecule has 1 aliphatic rings. The third-order valence-corrected chi connectivity index (χ3v) is 2.37. The van der Waals surface area contributed by atoms with Gasteiger partial charge in [-0.05, 0) is 13.8 Å². The van der Waals surface area contributed by atoms with E-state index in [1.807, 2.05) is 0 Å². The van der Waals surface area contributed by atoms with Crippen molar-refractivity contribution in [2.75, 3.05) is 0 Å². The second-order valence-corrected chi connectivity index (χ2v) is 4.07. The summed E-state index contributed by atoms with van der Waals surface area (Å²) in [6, 6.07) is 0. The molecule has 15 heavy (non-hydrogen) atoms. The molecular weight excluding hydrogens is 196 g/mol. The molecule has 0 amide bonds. The van der Waals surface area contributed by atoms with Crippen LogP contribution in [-0.4, -0.2) is 35.0 Å². The first-order valence-corrected chi connectivity index (χ1v) is 5.10. The number of Topliss-reactive ketones (excluding diaryl/α,β-unsaturated/α-hetero) is 1. The molecule has 0 aromatic heterocycles. The quantitative estimate of drug-likeness (QED) is 0.710. The van der Waals surface area contributed by atoms with E-state index in [1.54, 1.807) is 20.8 Å². The van der Waals surface area contributed by atoms with Gasteiger partial charge in [-0.25, -0.2) is 0 Å². The molecule has 0 aromatic rings. The Morgan fingerprint density at radius 1 is 1.60 bits per heavy atom. The van der Waals surface area contributed by atoms with Crippen molar-refractivity contribution < 1.29 is 19.4 Å². The van der Waals surface area contributed by atoms with Crippen molar-refractivity contribution in [3.8, 4) is 0 Å². The number of ketones is 1. The van der Waals surface area contributed by atoms with Gasteiger partial charge in [-0.2, -0.15) is 0 Å². The van der Waals surface area contributed by atoms with Crippen LogP contribution in [-0.2, 0) is 14.3 Å². The number of hydrogen-bond donors (Lipinski definition) is 1. The molecule has 4 nitrogen and oxygen atoms in total. The Hall–Kier alpha value is -0.710. The molecule has 1 saturated heterocycles. The predicted molar refractivity (Wildman–Crippen MR) is 55.3 cm³/mol. The fraction of sp³-hybridized carbons (Fsp3) is 0.727. The maximum atomic E-state index is 11.6. The third kappa shape index (κ3) is 2.65. The number of aliphatic hydroxyl groups is 1. The highest BCUT2D eigenvalue weighted by atomic mass is 16.8. The van der Waals surface area contributed by atoms with Crippen molar-refractivity contribution in [3.63, 3.8) is 0 Å². The van der Waals surface area contributed by atoms with E-state index < -0.39 is 24.1 Å². The lowest BCUT2D eigenvalue weighted by Crippen LogP contribution is -2.38. The van der Waals surface area contributed by atoms with E-state index in [1.165, 1.54) is 6.08 Å². The second kappa shape index (κ2) is 4.43. The number of aliphatic hydroxyl groups excluding tert-OH is 1. The van der Waals surface area contributed by atoms with Crippen molar-refractivity contribution in [2.24, 2.45) is 0 Å². The number of rotatable bonds is 4. The summed E-state index contributed by atoms with van der Waals surface area (Å²) in [5.74, 6) is -0.893. The molecule has 0 aliphatic carbocycles. The van der Waals surface area contributed by atoms with Gasteiger partial charge in [0.1, 0.15) is 18.3 Å². The molecule has 0 spiro atoms. The van der Waals surface area contributed by atoms with E-state index in [9.17, 15) is 9.90 Å². The van der Waals surface area contributed by atoms with Gasteiger partial charge in [-0.15, -0.1) is 6.58 Å². The molecule has 3 atom stereocenters. The van der Waals surface area contributed by atoms with Gasteiger partial charge in [0.05, 0.1) is 0 Å². The minimum atomic E-state index is -0.882. The maximum Gasteiger partial charge on any atom is 0.164 e. The Balaban J connectivity index is 2.83. The van der Waals surface area contributed by atoms with Crippen molar-refractivity contribution in [2.45, 2.75) is 51.3 Å². The molecule has 86 valence electrons. The topological polar surface area (TPSA) is 55.8 Å². The molecule has 1 N–H and O–H groups in total. The first kappa shape index (κ1) is 12.4. The molecule has 0 radical (unpaired) electrons. The van der Waals surface area contributed by atoms with E-state index in [0.29, 0.717) is 6.42 Å². The summed E-state index contributed by atoms with van der Waals surface area (Å²) in [5, 5.41) is 9.63. The summed E-state index contributed by atoms with van der Waals surface area (Å²) in [6.45, 7) is 8.68. The molecule has 1 fully saturated rings. The van der Waals surface area contributed by atoms with Crippen LogP contribution in [0.3, 0.4) is 0 Å². The van der Waals surface area contributed by atoms with Crippen LogP contribution >= 0.6 is 0 Å². The summed E-state index contributed by atoms with van der Waals surface area (Å²) in [7, 11) is 0. The summed E-state index contributed by atoms with van der Waals surface area (Å²) in [6.07, 6.45) is -0.509. The molecule has 0 unspecified atom stereocenters. The average Bonchev–Trinajstić information content (AvgIpc) is 2.52. The molecule has 1 rings (SSSR count). The first-order valence-electron chi connectivity index (χ1n) is 5.10. The van der Waals surface area contributed by atoms with Crippen LogP contribution in [0.15, 0.2) is 12.7 Å². The minimum Gasteiger partial charge on any atom is -0.386 e. The Bertz CT molecular complexity index is 259. The van der Waals surface area contributed by atoms with Gasteiger partial charge >= 0.3 is 0 Å². The van der Waals surface area contributed by atoms with Crippen LogP contribution in [0.1, 0.15) is 27.2 Å². The molecule has 1 heterocycles. The van der Waals surface area contributed by atoms with E-state index in [-0.39, 0.29) is 5.78 Å². The highest BCUT2D eigenvalue weighted by Gasteiger charge is 2.46. The molecule has 4 heteroatoms. The number of carbonyl (C=O) groups excluding carboxylic acids is 1. The van der Waals surface area contributed by atoms with Crippen LogP contribution in [0, 0.1) is 0 Å². The smallest absolute Gasteiger partial charge is 0.164 e. The van der Waals surface area contributed by atoms with Crippen LogP contribution in [0.4, 0.5) is 0 Å². The molecule has 0 bridgehead atoms. The van der Waals surface area contributed by atoms with Gasteiger partial charge in [0.25, 0.3) is 0 Å². The van der Waals surface area contributed by atoms with E-state index >= 15 is 0 Å². The van der Waals surface area contributed by atoms with Crippen molar-refractivity contribution in [1.82, 2.24) is 0 Å². The highest BCUT2D eigenvalue weighted by Crippen LogP contribution is 2.31. The van der Waals surface area contributed by atoms with Gasteiger partial charge in [0.15, 0.2) is 11.6 Å². The number of hydrogen-bond acceptors (Lipinski definition) is 4. The van der Waals surface area contributed by atoms with Crippen molar-refractivity contribution in [3.05, 3.63) is 12.7 Å². The van der Waals surface area contributed by atoms with Crippen LogP contribution in [0.2, 0.25) is 0 Å². The summed E-state index contributed by atoms with van der Waals surface area (Å²) in [5.41, 5.74) is 0. The summed E-state index contributed by atoms with van der Waals surface area (Å²) in [4.78, 5) is 11.6. The Labute approximate surface area is 89.9 Å². The van der Waals surface area contributed by atoms with E-state index in [2.05, 4.69) is 6.58 Å². The van der Waals surface area contributed by atoms with Gasteiger partial charge in [-0.3, -0.25) is 4.79 Å². The standard InChI is InChI=1S/C11H18O4/c1-5-7(12)9-10(8(13)6-2)15-11(3,4)14-9/h5,7,9-10,12H,1,6H2,2-4H3/t7-,9-,10-/m0/s1. The lowest BCUT2D eigenvalue weighted by atomic mass is 10.0. The largest absolute Gasteiger partial charge is 0.386 e. The van der Waals surface area contributed by atoms with Gasteiger partial charge in [0.2, 0.25) is 0 Å². The van der Waals surface area contributed by atoms with Crippen LogP contribution < -0.4 is 0 Å². The van der Waals surface area contributed by atoms with E-state index in [4.69, 9.17) is 9.47 Å². The fourth-order valence-corrected chi connectivity index (χ4v) is 1.62. The zero-order valence-electron chi connectivity index (χ0n) is 9.40. The van der Waals surface area contributed by atoms with Crippen molar-refractivity contribution >= 4 is 5.78 Å². The molecule has 0 aromatic carbocycles. The lowest BCUT2D eigenvalue weighted by Gasteiger charge is -2.18. The van der Waals surface area contributed by atoms with Crippen LogP contribution in [0.5, 0.6) is 0 Å². The third-order valence-electron chi connectivity index (χ3n) is 2.37. The SMILES string of the molecule is C=C[C@H](O)[C@@H]1OC(C)(C)O[C@H]1C(=O)CC. The van der Waals surface area contributed by atoms with Crippen molar-refractivity contribution in [1.29, 1.82) is 0 Å². The fourth-order valence-electron chi connectivity index (χ4n) is 1.62. The Morgan fingerprint density at radius 3 is 2.67 bits per heavy atom. The number of ether oxygens (including phenoxy) is 2. The predicted octanol–water partition coefficient (Wildman–Crippen LogP) is 1.03. The Kier molecular flexibility index (Phi) is 3.65. The molecular formula is C11H18O4. The summed E-state index contributed by atoms with van der Waals surface area (Å²) >= 11 is 0. The molecule has 0 saturated carbocycles. The van der Waals surface area contributed by atoms with Crippen LogP contribution in [0.25, 0.3) is 0 Å². The highest BCUT2D eigenvalue weighted by molar-refractivity contribution is 5.83. The zero-order chi connectivity index (χ0) is 11.6. The Morgan fingerprint density at radius 2 is 2.20 bits per heavy atom. The number of carbonyl (C=O) groups is 1. The molecule has 1 aliphatic heterocycles. The monoisotopic (exact) mass is 214 g/mol. The second-order valence-electron chi connectivity index (χ2n) is 4.07. The maximum absolute atomic E-state index is 11.6. The summed E-state index contributed by atoms with van der Waals surface area (Å²) < 4.78 is 10.9.